The Morgan fingerprint density at radius 2 is 1.81 bits per heavy atom. The number of imide groups is 1. The van der Waals surface area contributed by atoms with E-state index in [9.17, 15) is 14.4 Å². The van der Waals surface area contributed by atoms with Crippen LogP contribution in [-0.2, 0) is 20.9 Å². The molecule has 0 saturated carbocycles. The molecule has 0 aromatic heterocycles. The minimum absolute atomic E-state index is 0.0295. The van der Waals surface area contributed by atoms with Gasteiger partial charge >= 0.3 is 5.97 Å². The van der Waals surface area contributed by atoms with Crippen molar-refractivity contribution in [2.75, 3.05) is 24.1 Å². The van der Waals surface area contributed by atoms with E-state index in [0.29, 0.717) is 34.5 Å². The number of fused-ring (bicyclic) bond motifs is 1. The number of hydrogen-bond donors (Lipinski definition) is 1. The summed E-state index contributed by atoms with van der Waals surface area (Å²) in [5, 5.41) is 3.13. The summed E-state index contributed by atoms with van der Waals surface area (Å²) >= 11 is 1.21. The van der Waals surface area contributed by atoms with Gasteiger partial charge in [-0.15, -0.1) is 0 Å². The molecule has 0 spiro atoms. The van der Waals surface area contributed by atoms with E-state index >= 15 is 0 Å². The molecule has 3 aromatic carbocycles. The number of hydrogen-bond acceptors (Lipinski definition) is 8. The number of carbonyl (C=O) groups is 3. The summed E-state index contributed by atoms with van der Waals surface area (Å²) in [6.45, 7) is 0.533. The van der Waals surface area contributed by atoms with Gasteiger partial charge in [0, 0.05) is 12.1 Å². The first kappa shape index (κ1) is 24.4. The van der Waals surface area contributed by atoms with Gasteiger partial charge in [-0.1, -0.05) is 36.0 Å². The van der Waals surface area contributed by atoms with E-state index in [2.05, 4.69) is 5.32 Å². The van der Waals surface area contributed by atoms with Gasteiger partial charge in [-0.25, -0.2) is 9.69 Å². The van der Waals surface area contributed by atoms with E-state index in [1.165, 1.54) is 31.0 Å². The zero-order valence-electron chi connectivity index (χ0n) is 19.9. The molecule has 37 heavy (non-hydrogen) atoms. The number of methoxy groups -OCH3 is 1. The number of aliphatic imine (C=N–C) groups is 1. The van der Waals surface area contributed by atoms with Gasteiger partial charge < -0.3 is 19.5 Å². The molecule has 188 valence electrons. The first-order chi connectivity index (χ1) is 18.0. The molecule has 10 heteroatoms. The second-order valence-corrected chi connectivity index (χ2v) is 9.41. The highest BCUT2D eigenvalue weighted by molar-refractivity contribution is 8.15. The number of nitrogens with one attached hydrogen (secondary N) is 1. The number of carbonyl (C=O) groups excluding carboxylic acids is 3. The van der Waals surface area contributed by atoms with Crippen LogP contribution in [0.15, 0.2) is 77.8 Å². The fraction of sp³-hybridized carbons (Fsp3) is 0.185. The third kappa shape index (κ3) is 5.44. The number of anilines is 2. The van der Waals surface area contributed by atoms with E-state index < -0.39 is 11.2 Å². The molecule has 2 aliphatic rings. The summed E-state index contributed by atoms with van der Waals surface area (Å²) in [7, 11) is 1.29. The molecule has 1 N–H and O–H groups in total. The fourth-order valence-corrected chi connectivity index (χ4v) is 4.94. The minimum atomic E-state index is -0.653. The Bertz CT molecular complexity index is 1360. The molecular formula is C27H23N3O6S. The predicted molar refractivity (Wildman–Crippen MR) is 140 cm³/mol. The van der Waals surface area contributed by atoms with E-state index in [1.807, 2.05) is 48.5 Å². The number of amides is 2. The van der Waals surface area contributed by atoms with Crippen LogP contribution in [0.1, 0.15) is 22.3 Å². The highest BCUT2D eigenvalue weighted by Crippen LogP contribution is 2.34. The number of ether oxygens (including phenoxy) is 3. The smallest absolute Gasteiger partial charge is 0.337 e. The summed E-state index contributed by atoms with van der Waals surface area (Å²) in [4.78, 5) is 43.6. The molecule has 2 heterocycles. The van der Waals surface area contributed by atoms with Crippen LogP contribution in [0.5, 0.6) is 11.5 Å². The Morgan fingerprint density at radius 1 is 1.05 bits per heavy atom. The zero-order valence-corrected chi connectivity index (χ0v) is 20.7. The van der Waals surface area contributed by atoms with E-state index in [1.54, 1.807) is 12.1 Å². The van der Waals surface area contributed by atoms with E-state index in [4.69, 9.17) is 19.2 Å². The molecule has 5 rings (SSSR count). The lowest BCUT2D eigenvalue weighted by Gasteiger charge is -2.16. The van der Waals surface area contributed by atoms with Crippen molar-refractivity contribution in [3.63, 3.8) is 0 Å². The first-order valence-corrected chi connectivity index (χ1v) is 12.4. The van der Waals surface area contributed by atoms with Gasteiger partial charge in [0.2, 0.25) is 18.6 Å². The second kappa shape index (κ2) is 10.8. The zero-order chi connectivity index (χ0) is 25.8. The van der Waals surface area contributed by atoms with Crippen LogP contribution in [-0.4, -0.2) is 42.1 Å². The normalized spacial score (nSPS) is 16.7. The van der Waals surface area contributed by atoms with Crippen LogP contribution in [0.2, 0.25) is 0 Å². The van der Waals surface area contributed by atoms with Gasteiger partial charge in [0.25, 0.3) is 0 Å². The summed E-state index contributed by atoms with van der Waals surface area (Å²) in [6, 6.07) is 21.3. The molecule has 0 bridgehead atoms. The Hall–Kier alpha value is -4.31. The van der Waals surface area contributed by atoms with Crippen molar-refractivity contribution in [2.45, 2.75) is 18.2 Å². The largest absolute Gasteiger partial charge is 0.465 e. The van der Waals surface area contributed by atoms with Crippen LogP contribution in [0.25, 0.3) is 0 Å². The number of esters is 1. The molecule has 0 aliphatic carbocycles. The Morgan fingerprint density at radius 3 is 2.57 bits per heavy atom. The molecular weight excluding hydrogens is 494 g/mol. The van der Waals surface area contributed by atoms with Crippen molar-refractivity contribution >= 4 is 46.1 Å². The lowest BCUT2D eigenvalue weighted by Crippen LogP contribution is -2.31. The van der Waals surface area contributed by atoms with Crippen molar-refractivity contribution in [3.8, 4) is 11.5 Å². The average Bonchev–Trinajstić information content (AvgIpc) is 3.50. The van der Waals surface area contributed by atoms with Crippen molar-refractivity contribution in [1.82, 2.24) is 0 Å². The van der Waals surface area contributed by atoms with Gasteiger partial charge in [0.1, 0.15) is 5.25 Å². The molecule has 9 nitrogen and oxygen atoms in total. The molecule has 2 aliphatic heterocycles. The number of benzene rings is 3. The van der Waals surface area contributed by atoms with Gasteiger partial charge in [-0.2, -0.15) is 0 Å². The standard InChI is InChI=1S/C27H23N3O6S/c1-34-26(33)18-8-10-20(11-9-18)30-24(31)14-23(25(30)32)37-27(29-19-5-3-2-4-6-19)28-15-17-7-12-21-22(13-17)36-16-35-21/h2-13,23H,14-16H2,1H3,(H,28,29)/t23-/m1/s1. The molecule has 1 atom stereocenters. The van der Waals surface area contributed by atoms with Gasteiger partial charge in [0.15, 0.2) is 16.7 Å². The number of amidine groups is 1. The summed E-state index contributed by atoms with van der Waals surface area (Å²) < 4.78 is 15.5. The van der Waals surface area contributed by atoms with Gasteiger partial charge in [-0.3, -0.25) is 14.6 Å². The topological polar surface area (TPSA) is 107 Å². The quantitative estimate of drug-likeness (QED) is 0.224. The van der Waals surface area contributed by atoms with E-state index in [-0.39, 0.29) is 25.0 Å². The van der Waals surface area contributed by atoms with Crippen LogP contribution in [0, 0.1) is 0 Å². The molecule has 0 unspecified atom stereocenters. The molecule has 1 saturated heterocycles. The first-order valence-electron chi connectivity index (χ1n) is 11.5. The minimum Gasteiger partial charge on any atom is -0.465 e. The third-order valence-corrected chi connectivity index (χ3v) is 6.88. The Kier molecular flexibility index (Phi) is 7.09. The molecule has 3 aromatic rings. The van der Waals surface area contributed by atoms with Crippen LogP contribution < -0.4 is 19.7 Å². The predicted octanol–water partition coefficient (Wildman–Crippen LogP) is 4.24. The van der Waals surface area contributed by atoms with E-state index in [0.717, 1.165) is 16.2 Å². The number of nitrogens with zero attached hydrogens (tertiary/aromatic N) is 2. The van der Waals surface area contributed by atoms with Crippen LogP contribution in [0.4, 0.5) is 11.4 Å². The Balaban J connectivity index is 1.34. The SMILES string of the molecule is COC(=O)c1ccc(N2C(=O)C[C@@H](SC(=NCc3ccc4c(c3)OCO4)Nc3ccccc3)C2=O)cc1. The van der Waals surface area contributed by atoms with Crippen LogP contribution >= 0.6 is 11.8 Å². The maximum atomic E-state index is 13.3. The van der Waals surface area contributed by atoms with Crippen molar-refractivity contribution < 1.29 is 28.6 Å². The van der Waals surface area contributed by atoms with Gasteiger partial charge in [-0.05, 0) is 54.1 Å². The highest BCUT2D eigenvalue weighted by atomic mass is 32.2. The average molecular weight is 518 g/mol. The fourth-order valence-electron chi connectivity index (χ4n) is 3.92. The van der Waals surface area contributed by atoms with Gasteiger partial charge in [0.05, 0.1) is 24.9 Å². The summed E-state index contributed by atoms with van der Waals surface area (Å²) in [5.74, 6) is 0.215. The molecule has 2 amide bonds. The third-order valence-electron chi connectivity index (χ3n) is 5.77. The Labute approximate surface area is 217 Å². The summed E-state index contributed by atoms with van der Waals surface area (Å²) in [5.41, 5.74) is 2.46. The number of rotatable bonds is 6. The molecule has 1 fully saturated rings. The van der Waals surface area contributed by atoms with Crippen LogP contribution in [0.3, 0.4) is 0 Å². The molecule has 0 radical (unpaired) electrons. The number of thioether (sulfide) groups is 1. The van der Waals surface area contributed by atoms with Crippen molar-refractivity contribution in [3.05, 3.63) is 83.9 Å². The number of para-hydroxylation sites is 1. The lowest BCUT2D eigenvalue weighted by molar-refractivity contribution is -0.121. The van der Waals surface area contributed by atoms with Crippen molar-refractivity contribution in [1.29, 1.82) is 0 Å². The van der Waals surface area contributed by atoms with Crippen molar-refractivity contribution in [2.24, 2.45) is 4.99 Å². The maximum absolute atomic E-state index is 13.3. The highest BCUT2D eigenvalue weighted by Gasteiger charge is 2.41. The summed E-state index contributed by atoms with van der Waals surface area (Å²) in [6.07, 6.45) is 0.0295. The lowest BCUT2D eigenvalue weighted by atomic mass is 10.2. The second-order valence-electron chi connectivity index (χ2n) is 8.22. The maximum Gasteiger partial charge on any atom is 0.337 e. The monoisotopic (exact) mass is 517 g/mol.